The van der Waals surface area contributed by atoms with Crippen LogP contribution in [0.1, 0.15) is 23.0 Å². The van der Waals surface area contributed by atoms with E-state index in [0.29, 0.717) is 0 Å². The van der Waals surface area contributed by atoms with Gasteiger partial charge in [-0.2, -0.15) is 13.2 Å². The summed E-state index contributed by atoms with van der Waals surface area (Å²) in [5.74, 6) is -1.29. The molecule has 2 aromatic heterocycles. The molecular formula is C10H8F3N3O3. The maximum absolute atomic E-state index is 12.8. The predicted octanol–water partition coefficient (Wildman–Crippen LogP) is 2.00. The molecule has 2 aromatic rings. The minimum absolute atomic E-state index is 0.0241. The summed E-state index contributed by atoms with van der Waals surface area (Å²) in [7, 11) is 0. The number of nitrogens with two attached hydrogens (primary N) is 1. The molecule has 0 atom stereocenters. The van der Waals surface area contributed by atoms with Gasteiger partial charge in [0.05, 0.1) is 17.6 Å². The van der Waals surface area contributed by atoms with Crippen LogP contribution in [0.15, 0.2) is 10.6 Å². The van der Waals surface area contributed by atoms with Crippen LogP contribution in [-0.2, 0) is 10.9 Å². The van der Waals surface area contributed by atoms with Crippen LogP contribution < -0.4 is 5.73 Å². The Morgan fingerprint density at radius 2 is 2.21 bits per heavy atom. The van der Waals surface area contributed by atoms with E-state index in [9.17, 15) is 18.0 Å². The van der Waals surface area contributed by atoms with Crippen molar-refractivity contribution in [2.75, 3.05) is 12.3 Å². The first kappa shape index (κ1) is 13.1. The highest BCUT2D eigenvalue weighted by molar-refractivity contribution is 5.96. The van der Waals surface area contributed by atoms with E-state index in [4.69, 9.17) is 5.73 Å². The second-order valence-corrected chi connectivity index (χ2v) is 3.52. The number of hydrogen-bond acceptors (Lipinski definition) is 6. The lowest BCUT2D eigenvalue weighted by Gasteiger charge is -2.10. The Kier molecular flexibility index (Phi) is 3.05. The second-order valence-electron chi connectivity index (χ2n) is 3.52. The number of esters is 1. The lowest BCUT2D eigenvalue weighted by Crippen LogP contribution is -2.17. The number of fused-ring (bicyclic) bond motifs is 1. The highest BCUT2D eigenvalue weighted by Crippen LogP contribution is 2.33. The fourth-order valence-corrected chi connectivity index (χ4v) is 1.47. The molecule has 0 spiro atoms. The Balaban J connectivity index is 2.69. The Bertz CT molecular complexity index is 636. The maximum atomic E-state index is 12.8. The average Bonchev–Trinajstić information content (AvgIpc) is 2.68. The SMILES string of the molecule is CCOC(=O)c1cc2c(N)noc2nc1C(F)(F)F. The van der Waals surface area contributed by atoms with Crippen LogP contribution in [-0.4, -0.2) is 22.7 Å². The van der Waals surface area contributed by atoms with E-state index in [1.54, 1.807) is 0 Å². The van der Waals surface area contributed by atoms with Gasteiger partial charge in [0.1, 0.15) is 0 Å². The van der Waals surface area contributed by atoms with Gasteiger partial charge in [-0.3, -0.25) is 0 Å². The van der Waals surface area contributed by atoms with E-state index in [0.717, 1.165) is 6.07 Å². The van der Waals surface area contributed by atoms with Crippen LogP contribution >= 0.6 is 0 Å². The van der Waals surface area contributed by atoms with E-state index >= 15 is 0 Å². The lowest BCUT2D eigenvalue weighted by molar-refractivity contribution is -0.141. The molecule has 0 radical (unpaired) electrons. The van der Waals surface area contributed by atoms with Crippen LogP contribution in [0.4, 0.5) is 19.0 Å². The molecule has 0 saturated heterocycles. The normalized spacial score (nSPS) is 11.8. The van der Waals surface area contributed by atoms with E-state index < -0.39 is 29.1 Å². The zero-order valence-corrected chi connectivity index (χ0v) is 9.61. The summed E-state index contributed by atoms with van der Waals surface area (Å²) < 4.78 is 47.6. The molecule has 0 aliphatic heterocycles. The fourth-order valence-electron chi connectivity index (χ4n) is 1.47. The monoisotopic (exact) mass is 275 g/mol. The van der Waals surface area contributed by atoms with Crippen LogP contribution in [0.5, 0.6) is 0 Å². The van der Waals surface area contributed by atoms with Gasteiger partial charge < -0.3 is 15.0 Å². The van der Waals surface area contributed by atoms with E-state index in [1.165, 1.54) is 6.92 Å². The van der Waals surface area contributed by atoms with E-state index in [1.807, 2.05) is 0 Å². The number of nitrogen functional groups attached to an aromatic ring is 1. The van der Waals surface area contributed by atoms with Gasteiger partial charge in [0, 0.05) is 0 Å². The van der Waals surface area contributed by atoms with Crippen LogP contribution in [0.2, 0.25) is 0 Å². The zero-order chi connectivity index (χ0) is 14.2. The highest BCUT2D eigenvalue weighted by Gasteiger charge is 2.39. The first-order chi connectivity index (χ1) is 8.84. The summed E-state index contributed by atoms with van der Waals surface area (Å²) in [6.07, 6.45) is -4.82. The number of carbonyl (C=O) groups excluding carboxylic acids is 1. The highest BCUT2D eigenvalue weighted by atomic mass is 19.4. The van der Waals surface area contributed by atoms with Crippen LogP contribution in [0.3, 0.4) is 0 Å². The van der Waals surface area contributed by atoms with Crippen molar-refractivity contribution in [1.29, 1.82) is 0 Å². The van der Waals surface area contributed by atoms with Crippen molar-refractivity contribution in [2.45, 2.75) is 13.1 Å². The quantitative estimate of drug-likeness (QED) is 0.843. The summed E-state index contributed by atoms with van der Waals surface area (Å²) in [6.45, 7) is 1.41. The Hall–Kier alpha value is -2.32. The van der Waals surface area contributed by atoms with E-state index in [-0.39, 0.29) is 17.8 Å². The average molecular weight is 275 g/mol. The number of pyridine rings is 1. The van der Waals surface area contributed by atoms with Crippen molar-refractivity contribution in [1.82, 2.24) is 10.1 Å². The van der Waals surface area contributed by atoms with Crippen LogP contribution in [0.25, 0.3) is 11.1 Å². The van der Waals surface area contributed by atoms with Gasteiger partial charge >= 0.3 is 12.1 Å². The third-order valence-electron chi connectivity index (χ3n) is 2.26. The standard InChI is InChI=1S/C10H8F3N3O3/c1-2-18-9(17)4-3-5-7(14)16-19-8(5)15-6(4)10(11,12)13/h3H,2H2,1H3,(H2,14,16). The lowest BCUT2D eigenvalue weighted by atomic mass is 10.1. The van der Waals surface area contributed by atoms with Crippen LogP contribution in [0, 0.1) is 0 Å². The van der Waals surface area contributed by atoms with Gasteiger partial charge in [0.25, 0.3) is 5.71 Å². The van der Waals surface area contributed by atoms with Crippen molar-refractivity contribution >= 4 is 22.9 Å². The van der Waals surface area contributed by atoms with Gasteiger partial charge in [0.15, 0.2) is 11.5 Å². The molecule has 0 aliphatic rings. The summed E-state index contributed by atoms with van der Waals surface area (Å²) in [6, 6.07) is 0.912. The number of aromatic nitrogens is 2. The van der Waals surface area contributed by atoms with Gasteiger partial charge in [-0.25, -0.2) is 9.78 Å². The number of anilines is 1. The second kappa shape index (κ2) is 4.41. The van der Waals surface area contributed by atoms with Gasteiger partial charge in [-0.05, 0) is 13.0 Å². The van der Waals surface area contributed by atoms with Gasteiger partial charge in [-0.1, -0.05) is 5.16 Å². The zero-order valence-electron chi connectivity index (χ0n) is 9.61. The van der Waals surface area contributed by atoms with Crippen molar-refractivity contribution in [3.63, 3.8) is 0 Å². The molecule has 0 aliphatic carbocycles. The van der Waals surface area contributed by atoms with E-state index in [2.05, 4.69) is 19.4 Å². The van der Waals surface area contributed by atoms with Crippen molar-refractivity contribution in [3.8, 4) is 0 Å². The molecule has 0 saturated carbocycles. The first-order valence-corrected chi connectivity index (χ1v) is 5.14. The number of halogens is 3. The van der Waals surface area contributed by atoms with Gasteiger partial charge in [-0.15, -0.1) is 0 Å². The third kappa shape index (κ3) is 2.30. The molecule has 102 valence electrons. The molecule has 2 N–H and O–H groups in total. The first-order valence-electron chi connectivity index (χ1n) is 5.14. The molecule has 2 heterocycles. The fraction of sp³-hybridized carbons (Fsp3) is 0.300. The van der Waals surface area contributed by atoms with Crippen molar-refractivity contribution in [3.05, 3.63) is 17.3 Å². The molecule has 0 aromatic carbocycles. The molecule has 0 unspecified atom stereocenters. The smallest absolute Gasteiger partial charge is 0.434 e. The minimum Gasteiger partial charge on any atom is -0.462 e. The van der Waals surface area contributed by atoms with Crippen molar-refractivity contribution < 1.29 is 27.2 Å². The number of carbonyl (C=O) groups is 1. The summed E-state index contributed by atoms with van der Waals surface area (Å²) in [5, 5.41) is 3.31. The summed E-state index contributed by atoms with van der Waals surface area (Å²) in [5.41, 5.74) is 2.89. The molecule has 0 bridgehead atoms. The predicted molar refractivity (Wildman–Crippen MR) is 57.2 cm³/mol. The van der Waals surface area contributed by atoms with Crippen molar-refractivity contribution in [2.24, 2.45) is 0 Å². The number of ether oxygens (including phenoxy) is 1. The number of alkyl halides is 3. The third-order valence-corrected chi connectivity index (χ3v) is 2.26. The maximum Gasteiger partial charge on any atom is 0.434 e. The molecule has 9 heteroatoms. The molecular weight excluding hydrogens is 267 g/mol. The van der Waals surface area contributed by atoms with Gasteiger partial charge in [0.2, 0.25) is 0 Å². The molecule has 19 heavy (non-hydrogen) atoms. The number of rotatable bonds is 2. The largest absolute Gasteiger partial charge is 0.462 e. The minimum atomic E-state index is -4.82. The summed E-state index contributed by atoms with van der Waals surface area (Å²) >= 11 is 0. The Morgan fingerprint density at radius 3 is 2.79 bits per heavy atom. The molecule has 0 fully saturated rings. The molecule has 2 rings (SSSR count). The molecule has 0 amide bonds. The number of nitrogens with zero attached hydrogens (tertiary/aromatic N) is 2. The topological polar surface area (TPSA) is 91.2 Å². The number of hydrogen-bond donors (Lipinski definition) is 1. The molecule has 6 nitrogen and oxygen atoms in total. The Labute approximate surface area is 104 Å². The Morgan fingerprint density at radius 1 is 1.53 bits per heavy atom. The summed E-state index contributed by atoms with van der Waals surface area (Å²) in [4.78, 5) is 14.8.